The van der Waals surface area contributed by atoms with Gasteiger partial charge < -0.3 is 9.84 Å². The van der Waals surface area contributed by atoms with E-state index in [4.69, 9.17) is 4.74 Å². The largest absolute Gasteiger partial charge is 0.481 e. The Kier molecular flexibility index (Phi) is 3.78. The number of nitrogens with zero attached hydrogens (tertiary/aromatic N) is 2. The summed E-state index contributed by atoms with van der Waals surface area (Å²) >= 11 is 0. The molecule has 1 aromatic rings. The van der Waals surface area contributed by atoms with Gasteiger partial charge in [-0.05, 0) is 25.3 Å². The first-order chi connectivity index (χ1) is 9.70. The monoisotopic (exact) mass is 278 g/mol. The predicted octanol–water partition coefficient (Wildman–Crippen LogP) is 2.42. The van der Waals surface area contributed by atoms with E-state index in [1.54, 1.807) is 0 Å². The minimum Gasteiger partial charge on any atom is -0.481 e. The molecule has 5 heteroatoms. The van der Waals surface area contributed by atoms with Crippen molar-refractivity contribution in [2.24, 2.45) is 5.41 Å². The molecule has 1 aliphatic carbocycles. The smallest absolute Gasteiger partial charge is 0.312 e. The van der Waals surface area contributed by atoms with Crippen molar-refractivity contribution in [3.8, 4) is 0 Å². The number of aliphatic carboxylic acids is 1. The molecular weight excluding hydrogens is 256 g/mol. The Morgan fingerprint density at radius 2 is 2.25 bits per heavy atom. The Bertz CT molecular complexity index is 471. The lowest BCUT2D eigenvalue weighted by Gasteiger charge is -2.22. The molecule has 1 atom stereocenters. The highest BCUT2D eigenvalue weighted by atomic mass is 16.5. The van der Waals surface area contributed by atoms with E-state index in [0.29, 0.717) is 32.1 Å². The third-order valence-electron chi connectivity index (χ3n) is 4.69. The molecule has 20 heavy (non-hydrogen) atoms. The van der Waals surface area contributed by atoms with E-state index in [9.17, 15) is 9.90 Å². The Hall–Kier alpha value is -1.36. The van der Waals surface area contributed by atoms with Crippen LogP contribution in [0.5, 0.6) is 0 Å². The summed E-state index contributed by atoms with van der Waals surface area (Å²) in [6.07, 6.45) is 9.31. The van der Waals surface area contributed by atoms with Gasteiger partial charge in [0.1, 0.15) is 0 Å². The summed E-state index contributed by atoms with van der Waals surface area (Å²) in [4.78, 5) is 11.5. The molecule has 5 nitrogen and oxygen atoms in total. The molecule has 1 unspecified atom stereocenters. The second-order valence-electron chi connectivity index (χ2n) is 6.14. The maximum absolute atomic E-state index is 11.5. The van der Waals surface area contributed by atoms with Gasteiger partial charge in [0.05, 0.1) is 23.8 Å². The SMILES string of the molecule is O=C(O)C1(Cc2ccn(C3CCCCC3)n2)CCOC1. The van der Waals surface area contributed by atoms with Crippen LogP contribution in [-0.4, -0.2) is 34.1 Å². The number of hydrogen-bond acceptors (Lipinski definition) is 3. The highest BCUT2D eigenvalue weighted by molar-refractivity contribution is 5.75. The third-order valence-corrected chi connectivity index (χ3v) is 4.69. The first-order valence-corrected chi connectivity index (χ1v) is 7.55. The Balaban J connectivity index is 1.71. The Morgan fingerprint density at radius 1 is 1.45 bits per heavy atom. The van der Waals surface area contributed by atoms with Crippen LogP contribution >= 0.6 is 0 Å². The molecule has 1 N–H and O–H groups in total. The molecule has 2 fully saturated rings. The number of carboxylic acids is 1. The topological polar surface area (TPSA) is 64.3 Å². The van der Waals surface area contributed by atoms with Crippen LogP contribution in [0.15, 0.2) is 12.3 Å². The Labute approximate surface area is 118 Å². The average Bonchev–Trinajstić information content (AvgIpc) is 3.10. The van der Waals surface area contributed by atoms with Crippen LogP contribution in [0, 0.1) is 5.41 Å². The van der Waals surface area contributed by atoms with E-state index in [1.165, 1.54) is 32.1 Å². The van der Waals surface area contributed by atoms with Crippen molar-refractivity contribution in [1.29, 1.82) is 0 Å². The zero-order valence-electron chi connectivity index (χ0n) is 11.8. The maximum atomic E-state index is 11.5. The number of carboxylic acid groups (broad SMARTS) is 1. The standard InChI is InChI=1S/C15H22N2O3/c18-14(19)15(7-9-20-11-15)10-12-6-8-17(16-12)13-4-2-1-3-5-13/h6,8,13H,1-5,7,9-11H2,(H,18,19). The molecule has 3 rings (SSSR count). The molecule has 110 valence electrons. The summed E-state index contributed by atoms with van der Waals surface area (Å²) in [5.74, 6) is -0.762. The van der Waals surface area contributed by atoms with Crippen LogP contribution in [0.3, 0.4) is 0 Å². The molecule has 0 spiro atoms. The summed E-state index contributed by atoms with van der Waals surface area (Å²) in [5.41, 5.74) is 0.106. The molecule has 1 aliphatic heterocycles. The van der Waals surface area contributed by atoms with E-state index in [0.717, 1.165) is 5.69 Å². The van der Waals surface area contributed by atoms with Crippen LogP contribution in [0.25, 0.3) is 0 Å². The van der Waals surface area contributed by atoms with Crippen LogP contribution in [0.1, 0.15) is 50.3 Å². The van der Waals surface area contributed by atoms with Crippen molar-refractivity contribution in [3.63, 3.8) is 0 Å². The van der Waals surface area contributed by atoms with Crippen LogP contribution in [0.2, 0.25) is 0 Å². The van der Waals surface area contributed by atoms with Gasteiger partial charge in [0.15, 0.2) is 0 Å². The second kappa shape index (κ2) is 5.56. The van der Waals surface area contributed by atoms with Gasteiger partial charge in [-0.2, -0.15) is 5.10 Å². The van der Waals surface area contributed by atoms with Crippen molar-refractivity contribution < 1.29 is 14.6 Å². The highest BCUT2D eigenvalue weighted by Gasteiger charge is 2.43. The molecule has 1 saturated heterocycles. The van der Waals surface area contributed by atoms with Crippen molar-refractivity contribution in [1.82, 2.24) is 9.78 Å². The van der Waals surface area contributed by atoms with E-state index in [2.05, 4.69) is 5.10 Å². The molecule has 0 bridgehead atoms. The maximum Gasteiger partial charge on any atom is 0.312 e. The fourth-order valence-electron chi connectivity index (χ4n) is 3.36. The summed E-state index contributed by atoms with van der Waals surface area (Å²) in [6, 6.07) is 2.47. The number of hydrogen-bond donors (Lipinski definition) is 1. The van der Waals surface area contributed by atoms with Gasteiger partial charge in [-0.15, -0.1) is 0 Å². The van der Waals surface area contributed by atoms with E-state index in [1.807, 2.05) is 16.9 Å². The number of carbonyl (C=O) groups is 1. The average molecular weight is 278 g/mol. The van der Waals surface area contributed by atoms with E-state index >= 15 is 0 Å². The summed E-state index contributed by atoms with van der Waals surface area (Å²) in [5, 5.41) is 14.1. The van der Waals surface area contributed by atoms with Gasteiger partial charge in [0.25, 0.3) is 0 Å². The second-order valence-corrected chi connectivity index (χ2v) is 6.14. The summed E-state index contributed by atoms with van der Waals surface area (Å²) < 4.78 is 7.34. The van der Waals surface area contributed by atoms with E-state index in [-0.39, 0.29) is 0 Å². The number of aromatic nitrogens is 2. The predicted molar refractivity (Wildman–Crippen MR) is 73.6 cm³/mol. The lowest BCUT2D eigenvalue weighted by atomic mass is 9.83. The third kappa shape index (κ3) is 2.59. The summed E-state index contributed by atoms with van der Waals surface area (Å²) in [6.45, 7) is 0.842. The van der Waals surface area contributed by atoms with Gasteiger partial charge in [-0.25, -0.2) is 0 Å². The van der Waals surface area contributed by atoms with Gasteiger partial charge in [0.2, 0.25) is 0 Å². The zero-order valence-corrected chi connectivity index (χ0v) is 11.8. The summed E-state index contributed by atoms with van der Waals surface area (Å²) in [7, 11) is 0. The van der Waals surface area contributed by atoms with Crippen molar-refractivity contribution in [2.45, 2.75) is 51.0 Å². The Morgan fingerprint density at radius 3 is 2.90 bits per heavy atom. The van der Waals surface area contributed by atoms with Gasteiger partial charge in [-0.3, -0.25) is 9.48 Å². The fourth-order valence-corrected chi connectivity index (χ4v) is 3.36. The number of ether oxygens (including phenoxy) is 1. The lowest BCUT2D eigenvalue weighted by Crippen LogP contribution is -2.34. The molecular formula is C15H22N2O3. The first-order valence-electron chi connectivity index (χ1n) is 7.55. The van der Waals surface area contributed by atoms with Crippen LogP contribution in [-0.2, 0) is 16.0 Å². The quantitative estimate of drug-likeness (QED) is 0.918. The first kappa shape index (κ1) is 13.6. The minimum atomic E-state index is -0.772. The molecule has 0 radical (unpaired) electrons. The minimum absolute atomic E-state index is 0.304. The molecule has 0 aromatic carbocycles. The molecule has 2 heterocycles. The fraction of sp³-hybridized carbons (Fsp3) is 0.733. The van der Waals surface area contributed by atoms with Crippen molar-refractivity contribution in [3.05, 3.63) is 18.0 Å². The van der Waals surface area contributed by atoms with Gasteiger partial charge >= 0.3 is 5.97 Å². The van der Waals surface area contributed by atoms with Gasteiger partial charge in [-0.1, -0.05) is 19.3 Å². The highest BCUT2D eigenvalue weighted by Crippen LogP contribution is 2.33. The molecule has 0 amide bonds. The van der Waals surface area contributed by atoms with Crippen molar-refractivity contribution in [2.75, 3.05) is 13.2 Å². The van der Waals surface area contributed by atoms with Crippen molar-refractivity contribution >= 4 is 5.97 Å². The zero-order chi connectivity index (χ0) is 14.0. The normalized spacial score (nSPS) is 27.8. The van der Waals surface area contributed by atoms with Gasteiger partial charge in [0, 0.05) is 19.2 Å². The van der Waals surface area contributed by atoms with E-state index < -0.39 is 11.4 Å². The molecule has 2 aliphatic rings. The lowest BCUT2D eigenvalue weighted by molar-refractivity contribution is -0.148. The molecule has 1 saturated carbocycles. The van der Waals surface area contributed by atoms with Crippen LogP contribution in [0.4, 0.5) is 0 Å². The molecule has 1 aromatic heterocycles. The number of rotatable bonds is 4. The van der Waals surface area contributed by atoms with Crippen LogP contribution < -0.4 is 0 Å².